The van der Waals surface area contributed by atoms with E-state index < -0.39 is 11.7 Å². The zero-order chi connectivity index (χ0) is 28.4. The zero-order valence-electron chi connectivity index (χ0n) is 21.8. The second-order valence-corrected chi connectivity index (χ2v) is 11.3. The summed E-state index contributed by atoms with van der Waals surface area (Å²) < 4.78 is 47.3. The third-order valence-electron chi connectivity index (χ3n) is 7.30. The number of amides is 2. The number of benzene rings is 2. The van der Waals surface area contributed by atoms with Gasteiger partial charge in [-0.05, 0) is 79.0 Å². The van der Waals surface area contributed by atoms with Crippen LogP contribution in [0.1, 0.15) is 36.0 Å². The van der Waals surface area contributed by atoms with E-state index >= 15 is 0 Å². The predicted molar refractivity (Wildman–Crippen MR) is 149 cm³/mol. The molecule has 0 radical (unpaired) electrons. The number of hydrogen-bond acceptors (Lipinski definition) is 6. The molecule has 40 heavy (non-hydrogen) atoms. The van der Waals surface area contributed by atoms with Gasteiger partial charge < -0.3 is 4.74 Å². The van der Waals surface area contributed by atoms with Gasteiger partial charge in [-0.3, -0.25) is 24.1 Å². The van der Waals surface area contributed by atoms with Crippen LogP contribution in [0.15, 0.2) is 47.5 Å². The Balaban J connectivity index is 1.28. The van der Waals surface area contributed by atoms with Crippen LogP contribution in [0, 0.1) is 0 Å². The molecular weight excluding hydrogens is 565 g/mol. The van der Waals surface area contributed by atoms with Crippen molar-refractivity contribution in [3.63, 3.8) is 0 Å². The first kappa shape index (κ1) is 28.7. The molecule has 5 rings (SSSR count). The minimum atomic E-state index is -4.54. The molecule has 2 aliphatic rings. The molecule has 0 spiro atoms. The summed E-state index contributed by atoms with van der Waals surface area (Å²) >= 11 is 6.72. The van der Waals surface area contributed by atoms with Gasteiger partial charge in [0.25, 0.3) is 11.1 Å². The van der Waals surface area contributed by atoms with E-state index in [4.69, 9.17) is 16.3 Å². The van der Waals surface area contributed by atoms with Crippen LogP contribution < -0.4 is 0 Å². The van der Waals surface area contributed by atoms with Gasteiger partial charge in [0.15, 0.2) is 0 Å². The molecule has 0 N–H and O–H groups in total. The fourth-order valence-electron chi connectivity index (χ4n) is 5.28. The smallest absolute Gasteiger partial charge is 0.383 e. The second-order valence-electron chi connectivity index (χ2n) is 9.87. The lowest BCUT2D eigenvalue weighted by atomic mass is 10.1. The number of aromatic nitrogens is 2. The van der Waals surface area contributed by atoms with Crippen LogP contribution in [0.4, 0.5) is 18.0 Å². The Hall–Kier alpha value is -2.86. The maximum atomic E-state index is 13.5. The molecule has 2 saturated heterocycles. The molecule has 7 nitrogen and oxygen atoms in total. The summed E-state index contributed by atoms with van der Waals surface area (Å²) in [7, 11) is 1.68. The quantitative estimate of drug-likeness (QED) is 0.272. The van der Waals surface area contributed by atoms with E-state index in [0.29, 0.717) is 40.6 Å². The number of rotatable bonds is 9. The molecule has 1 atom stereocenters. The first-order chi connectivity index (χ1) is 19.1. The monoisotopic (exact) mass is 592 g/mol. The van der Waals surface area contributed by atoms with Gasteiger partial charge in [0.05, 0.1) is 35.3 Å². The zero-order valence-corrected chi connectivity index (χ0v) is 23.4. The van der Waals surface area contributed by atoms with Gasteiger partial charge in [-0.25, -0.2) is 0 Å². The number of methoxy groups -OCH3 is 1. The molecule has 2 aromatic carbocycles. The summed E-state index contributed by atoms with van der Waals surface area (Å²) in [4.78, 5) is 29.7. The molecule has 3 heterocycles. The number of alkyl halides is 3. The Morgan fingerprint density at radius 1 is 1.18 bits per heavy atom. The van der Waals surface area contributed by atoms with Crippen LogP contribution in [0.25, 0.3) is 17.0 Å². The molecule has 0 saturated carbocycles. The highest BCUT2D eigenvalue weighted by molar-refractivity contribution is 8.18. The number of thioether (sulfide) groups is 1. The largest absolute Gasteiger partial charge is 0.416 e. The number of carbonyl (C=O) groups is 2. The molecule has 0 aliphatic carbocycles. The van der Waals surface area contributed by atoms with Crippen molar-refractivity contribution in [1.29, 1.82) is 0 Å². The first-order valence-corrected chi connectivity index (χ1v) is 14.1. The van der Waals surface area contributed by atoms with Crippen molar-refractivity contribution >= 4 is 51.5 Å². The van der Waals surface area contributed by atoms with Crippen molar-refractivity contribution in [2.24, 2.45) is 0 Å². The van der Waals surface area contributed by atoms with Gasteiger partial charge in [-0.1, -0.05) is 23.7 Å². The highest BCUT2D eigenvalue weighted by Gasteiger charge is 2.36. The molecule has 1 aromatic heterocycles. The Bertz CT molecular complexity index is 1460. The standard InChI is InChI=1S/C28H28ClF3N4O3S/c1-39-12-11-34-9-2-3-22(34)8-10-35-26(37)25(40-27(35)38)14-18-4-7-24-20(13-18)16-33-36(24)17-19-5-6-21(29)15-23(19)28(30,31)32/h4-7,13-16,22H,2-3,8-12,17H2,1H3. The van der Waals surface area contributed by atoms with Crippen molar-refractivity contribution in [1.82, 2.24) is 19.6 Å². The Kier molecular flexibility index (Phi) is 8.55. The lowest BCUT2D eigenvalue weighted by molar-refractivity contribution is -0.138. The van der Waals surface area contributed by atoms with Crippen molar-refractivity contribution in [3.05, 3.63) is 69.2 Å². The fraction of sp³-hybridized carbons (Fsp3) is 0.393. The molecule has 1 unspecified atom stereocenters. The maximum Gasteiger partial charge on any atom is 0.416 e. The molecule has 3 aromatic rings. The van der Waals surface area contributed by atoms with Crippen LogP contribution in [0.3, 0.4) is 0 Å². The lowest BCUT2D eigenvalue weighted by Crippen LogP contribution is -2.37. The topological polar surface area (TPSA) is 67.7 Å². The third kappa shape index (κ3) is 6.22. The number of hydrogen-bond donors (Lipinski definition) is 0. The molecular formula is C28H28ClF3N4O3S. The summed E-state index contributed by atoms with van der Waals surface area (Å²) in [6, 6.07) is 9.32. The van der Waals surface area contributed by atoms with E-state index in [2.05, 4.69) is 10.00 Å². The van der Waals surface area contributed by atoms with E-state index in [1.807, 2.05) is 0 Å². The summed E-state index contributed by atoms with van der Waals surface area (Å²) in [6.07, 6.45) is 1.56. The van der Waals surface area contributed by atoms with E-state index in [1.54, 1.807) is 37.6 Å². The number of carbonyl (C=O) groups excluding carboxylic acids is 2. The summed E-state index contributed by atoms with van der Waals surface area (Å²) in [5, 5.41) is 4.72. The van der Waals surface area contributed by atoms with Crippen LogP contribution in [0.5, 0.6) is 0 Å². The number of nitrogens with zero attached hydrogens (tertiary/aromatic N) is 4. The van der Waals surface area contributed by atoms with Crippen LogP contribution in [0.2, 0.25) is 5.02 Å². The van der Waals surface area contributed by atoms with Gasteiger partial charge in [-0.2, -0.15) is 18.3 Å². The van der Waals surface area contributed by atoms with E-state index in [0.717, 1.165) is 50.2 Å². The van der Waals surface area contributed by atoms with Crippen LogP contribution >= 0.6 is 23.4 Å². The normalized spacial score (nSPS) is 19.6. The molecule has 2 amide bonds. The van der Waals surface area contributed by atoms with E-state index in [-0.39, 0.29) is 28.3 Å². The molecule has 2 aliphatic heterocycles. The minimum absolute atomic E-state index is 0.0121. The first-order valence-electron chi connectivity index (χ1n) is 12.9. The van der Waals surface area contributed by atoms with Gasteiger partial charge in [0, 0.05) is 36.7 Å². The SMILES string of the molecule is COCCN1CCCC1CCN1C(=O)SC(=Cc2ccc3c(cnn3Cc3ccc(Cl)cc3C(F)(F)F)c2)C1=O. The molecule has 212 valence electrons. The minimum Gasteiger partial charge on any atom is -0.383 e. The summed E-state index contributed by atoms with van der Waals surface area (Å²) in [5.74, 6) is -0.311. The highest BCUT2D eigenvalue weighted by Crippen LogP contribution is 2.35. The van der Waals surface area contributed by atoms with Gasteiger partial charge in [0.1, 0.15) is 0 Å². The van der Waals surface area contributed by atoms with Crippen molar-refractivity contribution < 1.29 is 27.5 Å². The Morgan fingerprint density at radius 3 is 2.77 bits per heavy atom. The Morgan fingerprint density at radius 2 is 2.00 bits per heavy atom. The number of likely N-dealkylation sites (tertiary alicyclic amines) is 1. The third-order valence-corrected chi connectivity index (χ3v) is 8.44. The number of halogens is 4. The average molecular weight is 593 g/mol. The van der Waals surface area contributed by atoms with Crippen molar-refractivity contribution in [3.8, 4) is 0 Å². The van der Waals surface area contributed by atoms with Crippen molar-refractivity contribution in [2.45, 2.75) is 38.0 Å². The van der Waals surface area contributed by atoms with Crippen molar-refractivity contribution in [2.75, 3.05) is 33.4 Å². The van der Waals surface area contributed by atoms with Gasteiger partial charge in [-0.15, -0.1) is 0 Å². The second kappa shape index (κ2) is 11.9. The molecule has 0 bridgehead atoms. The van der Waals surface area contributed by atoms with E-state index in [1.165, 1.54) is 21.7 Å². The Labute approximate surface area is 238 Å². The average Bonchev–Trinajstić information content (AvgIpc) is 3.60. The molecule has 12 heteroatoms. The number of fused-ring (bicyclic) bond motifs is 1. The van der Waals surface area contributed by atoms with Crippen LogP contribution in [-0.4, -0.2) is 70.1 Å². The highest BCUT2D eigenvalue weighted by atomic mass is 35.5. The lowest BCUT2D eigenvalue weighted by Gasteiger charge is -2.25. The van der Waals surface area contributed by atoms with Crippen LogP contribution in [-0.2, 0) is 22.3 Å². The maximum absolute atomic E-state index is 13.5. The number of imide groups is 1. The molecule has 2 fully saturated rings. The van der Waals surface area contributed by atoms with Gasteiger partial charge >= 0.3 is 6.18 Å². The summed E-state index contributed by atoms with van der Waals surface area (Å²) in [6.45, 7) is 2.77. The van der Waals surface area contributed by atoms with E-state index in [9.17, 15) is 22.8 Å². The van der Waals surface area contributed by atoms with Gasteiger partial charge in [0.2, 0.25) is 0 Å². The predicted octanol–water partition coefficient (Wildman–Crippen LogP) is 6.29. The fourth-order valence-corrected chi connectivity index (χ4v) is 6.32. The number of ether oxygens (including phenoxy) is 1. The summed E-state index contributed by atoms with van der Waals surface area (Å²) in [5.41, 5.74) is 0.593.